The van der Waals surface area contributed by atoms with Crippen molar-refractivity contribution in [2.24, 2.45) is 5.92 Å². The highest BCUT2D eigenvalue weighted by Gasteiger charge is 2.25. The predicted molar refractivity (Wildman–Crippen MR) is 89.3 cm³/mol. The molecule has 0 bridgehead atoms. The number of hydrogen-bond donors (Lipinski definition) is 1. The summed E-state index contributed by atoms with van der Waals surface area (Å²) < 4.78 is 8.44. The molecule has 0 spiro atoms. The largest absolute Gasteiger partial charge is 0.489 e. The molecule has 1 N–H and O–H groups in total. The second-order valence-electron chi connectivity index (χ2n) is 6.39. The molecular weight excluding hydrogens is 288 g/mol. The Labute approximate surface area is 130 Å². The molecule has 0 amide bonds. The summed E-state index contributed by atoms with van der Waals surface area (Å²) in [6.45, 7) is 10.3. The average molecular weight is 312 g/mol. The second-order valence-corrected chi connectivity index (χ2v) is 7.22. The maximum absolute atomic E-state index is 11.3. The summed E-state index contributed by atoms with van der Waals surface area (Å²) in [7, 11) is 1.46. The molecule has 0 saturated heterocycles. The molecule has 1 aromatic carbocycles. The molecule has 0 aliphatic heterocycles. The molecule has 0 fully saturated rings. The summed E-state index contributed by atoms with van der Waals surface area (Å²) in [6, 6.07) is 3.52. The highest BCUT2D eigenvalue weighted by molar-refractivity contribution is 8.00. The molecule has 118 valence electrons. The SMILES string of the molecule is COc1c(NSCC(C)C)cc(C(C)(C)C)cc1[N+](=O)[O-]. The Kier molecular flexibility index (Phi) is 5.89. The first-order valence-corrected chi connectivity index (χ1v) is 7.90. The van der Waals surface area contributed by atoms with Crippen LogP contribution >= 0.6 is 11.9 Å². The van der Waals surface area contributed by atoms with E-state index in [2.05, 4.69) is 18.6 Å². The number of ether oxygens (including phenoxy) is 1. The zero-order valence-corrected chi connectivity index (χ0v) is 14.3. The van der Waals surface area contributed by atoms with Gasteiger partial charge < -0.3 is 9.46 Å². The number of benzene rings is 1. The molecule has 6 heteroatoms. The molecule has 0 radical (unpaired) electrons. The number of methoxy groups -OCH3 is 1. The van der Waals surface area contributed by atoms with Gasteiger partial charge in [0.25, 0.3) is 0 Å². The fourth-order valence-corrected chi connectivity index (χ4v) is 2.48. The fourth-order valence-electron chi connectivity index (χ4n) is 1.76. The maximum Gasteiger partial charge on any atom is 0.313 e. The zero-order chi connectivity index (χ0) is 16.2. The van der Waals surface area contributed by atoms with E-state index < -0.39 is 4.92 Å². The number of anilines is 1. The molecule has 0 aromatic heterocycles. The van der Waals surface area contributed by atoms with Crippen LogP contribution in [-0.4, -0.2) is 17.8 Å². The van der Waals surface area contributed by atoms with Crippen LogP contribution in [0.5, 0.6) is 5.75 Å². The van der Waals surface area contributed by atoms with Crippen molar-refractivity contribution in [3.05, 3.63) is 27.8 Å². The van der Waals surface area contributed by atoms with Crippen molar-refractivity contribution >= 4 is 23.3 Å². The molecule has 0 heterocycles. The smallest absolute Gasteiger partial charge is 0.313 e. The molecule has 0 saturated carbocycles. The van der Waals surface area contributed by atoms with Gasteiger partial charge in [-0.15, -0.1) is 0 Å². The minimum atomic E-state index is -0.396. The first-order valence-electron chi connectivity index (χ1n) is 6.91. The van der Waals surface area contributed by atoms with E-state index in [1.807, 2.05) is 26.8 Å². The Morgan fingerprint density at radius 1 is 1.38 bits per heavy atom. The summed E-state index contributed by atoms with van der Waals surface area (Å²) in [4.78, 5) is 10.9. The highest BCUT2D eigenvalue weighted by atomic mass is 32.2. The lowest BCUT2D eigenvalue weighted by Gasteiger charge is -2.21. The van der Waals surface area contributed by atoms with Crippen LogP contribution in [0.4, 0.5) is 11.4 Å². The number of nitrogens with zero attached hydrogens (tertiary/aromatic N) is 1. The van der Waals surface area contributed by atoms with E-state index in [-0.39, 0.29) is 16.9 Å². The Bertz CT molecular complexity index is 510. The maximum atomic E-state index is 11.3. The average Bonchev–Trinajstić information content (AvgIpc) is 2.36. The minimum absolute atomic E-state index is 0.00225. The van der Waals surface area contributed by atoms with Gasteiger partial charge in [0, 0.05) is 11.8 Å². The first kappa shape index (κ1) is 17.6. The quantitative estimate of drug-likeness (QED) is 0.472. The Morgan fingerprint density at radius 3 is 2.43 bits per heavy atom. The summed E-state index contributed by atoms with van der Waals surface area (Å²) in [5.41, 5.74) is 1.39. The lowest BCUT2D eigenvalue weighted by atomic mass is 9.86. The van der Waals surface area contributed by atoms with Gasteiger partial charge in [0.1, 0.15) is 0 Å². The van der Waals surface area contributed by atoms with Crippen LogP contribution in [0, 0.1) is 16.0 Å². The molecule has 5 nitrogen and oxygen atoms in total. The zero-order valence-electron chi connectivity index (χ0n) is 13.5. The lowest BCUT2D eigenvalue weighted by Crippen LogP contribution is -2.12. The summed E-state index contributed by atoms with van der Waals surface area (Å²) >= 11 is 1.53. The Hall–Kier alpha value is -1.43. The topological polar surface area (TPSA) is 64.4 Å². The van der Waals surface area contributed by atoms with Crippen molar-refractivity contribution in [1.82, 2.24) is 0 Å². The van der Waals surface area contributed by atoms with Gasteiger partial charge in [0.15, 0.2) is 0 Å². The van der Waals surface area contributed by atoms with E-state index in [4.69, 9.17) is 4.74 Å². The first-order chi connectivity index (χ1) is 9.66. The fraction of sp³-hybridized carbons (Fsp3) is 0.600. The number of rotatable bonds is 6. The van der Waals surface area contributed by atoms with Crippen molar-refractivity contribution in [2.45, 2.75) is 40.0 Å². The molecular formula is C15H24N2O3S. The third kappa shape index (κ3) is 4.81. The molecule has 21 heavy (non-hydrogen) atoms. The predicted octanol–water partition coefficient (Wildman–Crippen LogP) is 4.62. The lowest BCUT2D eigenvalue weighted by molar-refractivity contribution is -0.385. The van der Waals surface area contributed by atoms with E-state index in [0.29, 0.717) is 11.6 Å². The molecule has 1 aromatic rings. The minimum Gasteiger partial charge on any atom is -0.489 e. The van der Waals surface area contributed by atoms with E-state index in [0.717, 1.165) is 11.3 Å². The summed E-state index contributed by atoms with van der Waals surface area (Å²) in [5, 5.41) is 11.3. The molecule has 0 unspecified atom stereocenters. The number of nitro benzene ring substituents is 1. The Balaban J connectivity index is 3.24. The third-order valence-electron chi connectivity index (χ3n) is 2.93. The molecule has 0 atom stereocenters. The van der Waals surface area contributed by atoms with Crippen molar-refractivity contribution in [3.63, 3.8) is 0 Å². The number of hydrogen-bond acceptors (Lipinski definition) is 5. The molecule has 0 aliphatic rings. The second kappa shape index (κ2) is 7.02. The van der Waals surface area contributed by atoms with Gasteiger partial charge in [-0.3, -0.25) is 10.1 Å². The van der Waals surface area contributed by atoms with Gasteiger partial charge in [-0.1, -0.05) is 46.6 Å². The van der Waals surface area contributed by atoms with Gasteiger partial charge in [-0.25, -0.2) is 0 Å². The van der Waals surface area contributed by atoms with Crippen LogP contribution in [-0.2, 0) is 5.41 Å². The van der Waals surface area contributed by atoms with Gasteiger partial charge in [-0.05, 0) is 23.0 Å². The van der Waals surface area contributed by atoms with Crippen molar-refractivity contribution < 1.29 is 9.66 Å². The van der Waals surface area contributed by atoms with Crippen LogP contribution < -0.4 is 9.46 Å². The van der Waals surface area contributed by atoms with Crippen molar-refractivity contribution in [2.75, 3.05) is 17.6 Å². The third-order valence-corrected chi connectivity index (χ3v) is 4.13. The van der Waals surface area contributed by atoms with Gasteiger partial charge in [-0.2, -0.15) is 0 Å². The van der Waals surface area contributed by atoms with Gasteiger partial charge in [0.2, 0.25) is 5.75 Å². The van der Waals surface area contributed by atoms with Crippen LogP contribution in [0.15, 0.2) is 12.1 Å². The normalized spacial score (nSPS) is 11.6. The van der Waals surface area contributed by atoms with Gasteiger partial charge >= 0.3 is 5.69 Å². The van der Waals surface area contributed by atoms with E-state index in [1.54, 1.807) is 6.07 Å². The van der Waals surface area contributed by atoms with E-state index >= 15 is 0 Å². The van der Waals surface area contributed by atoms with Crippen LogP contribution in [0.2, 0.25) is 0 Å². The summed E-state index contributed by atoms with van der Waals surface area (Å²) in [5.74, 6) is 1.73. The molecule has 0 aliphatic carbocycles. The van der Waals surface area contributed by atoms with Crippen LogP contribution in [0.25, 0.3) is 0 Å². The van der Waals surface area contributed by atoms with E-state index in [1.165, 1.54) is 19.1 Å². The number of nitro groups is 1. The Morgan fingerprint density at radius 2 is 2.00 bits per heavy atom. The number of nitrogens with one attached hydrogen (secondary N) is 1. The summed E-state index contributed by atoms with van der Waals surface area (Å²) in [6.07, 6.45) is 0. The van der Waals surface area contributed by atoms with Crippen molar-refractivity contribution in [3.8, 4) is 5.75 Å². The standard InChI is InChI=1S/C15H24N2O3S/c1-10(2)9-21-16-12-7-11(15(3,4)5)8-13(17(18)19)14(12)20-6/h7-8,10,16H,9H2,1-6H3. The monoisotopic (exact) mass is 312 g/mol. The van der Waals surface area contributed by atoms with Crippen molar-refractivity contribution in [1.29, 1.82) is 0 Å². The van der Waals surface area contributed by atoms with Gasteiger partial charge in [0.05, 0.1) is 17.7 Å². The highest BCUT2D eigenvalue weighted by Crippen LogP contribution is 2.40. The molecule has 1 rings (SSSR count). The van der Waals surface area contributed by atoms with Crippen LogP contribution in [0.1, 0.15) is 40.2 Å². The van der Waals surface area contributed by atoms with Crippen LogP contribution in [0.3, 0.4) is 0 Å². The van der Waals surface area contributed by atoms with E-state index in [9.17, 15) is 10.1 Å².